The molecule has 0 saturated heterocycles. The van der Waals surface area contributed by atoms with Gasteiger partial charge in [0, 0.05) is 23.2 Å². The van der Waals surface area contributed by atoms with Crippen LogP contribution in [0, 0.1) is 5.82 Å². The van der Waals surface area contributed by atoms with Crippen molar-refractivity contribution < 1.29 is 9.13 Å². The zero-order valence-corrected chi connectivity index (χ0v) is 12.3. The highest BCUT2D eigenvalue weighted by Gasteiger charge is 2.04. The number of ether oxygens (including phenoxy) is 1. The topological polar surface area (TPSA) is 21.3 Å². The van der Waals surface area contributed by atoms with Crippen molar-refractivity contribution in [3.8, 4) is 5.75 Å². The summed E-state index contributed by atoms with van der Waals surface area (Å²) in [5.41, 5.74) is 0.750. The van der Waals surface area contributed by atoms with Crippen molar-refractivity contribution in [3.63, 3.8) is 0 Å². The first-order valence-electron chi connectivity index (χ1n) is 5.59. The van der Waals surface area contributed by atoms with Gasteiger partial charge in [-0.2, -0.15) is 0 Å². The maximum absolute atomic E-state index is 13.6. The van der Waals surface area contributed by atoms with Crippen molar-refractivity contribution in [2.45, 2.75) is 13.5 Å². The molecule has 0 bridgehead atoms. The highest BCUT2D eigenvalue weighted by Crippen LogP contribution is 2.24. The van der Waals surface area contributed by atoms with E-state index in [1.54, 1.807) is 17.4 Å². The van der Waals surface area contributed by atoms with Crippen LogP contribution < -0.4 is 10.1 Å². The summed E-state index contributed by atoms with van der Waals surface area (Å²) in [6.07, 6.45) is 0. The van der Waals surface area contributed by atoms with E-state index in [1.165, 1.54) is 10.9 Å². The molecule has 0 atom stereocenters. The molecule has 0 aliphatic heterocycles. The van der Waals surface area contributed by atoms with Crippen LogP contribution in [0.2, 0.25) is 0 Å². The molecule has 2 aromatic rings. The molecule has 0 unspecified atom stereocenters. The van der Waals surface area contributed by atoms with Crippen LogP contribution in [-0.4, -0.2) is 6.61 Å². The van der Waals surface area contributed by atoms with Gasteiger partial charge in [-0.1, -0.05) is 0 Å². The summed E-state index contributed by atoms with van der Waals surface area (Å²) in [6, 6.07) is 8.95. The Morgan fingerprint density at radius 1 is 1.33 bits per heavy atom. The van der Waals surface area contributed by atoms with Crippen LogP contribution >= 0.6 is 27.3 Å². The summed E-state index contributed by atoms with van der Waals surface area (Å²) in [7, 11) is 0. The van der Waals surface area contributed by atoms with Gasteiger partial charge < -0.3 is 10.1 Å². The Hall–Kier alpha value is -1.07. The first-order valence-corrected chi connectivity index (χ1v) is 7.20. The molecule has 2 nitrogen and oxygen atoms in total. The summed E-state index contributed by atoms with van der Waals surface area (Å²) < 4.78 is 19.8. The molecule has 0 saturated carbocycles. The van der Waals surface area contributed by atoms with E-state index in [1.807, 2.05) is 25.1 Å². The van der Waals surface area contributed by atoms with E-state index in [0.29, 0.717) is 18.9 Å². The minimum absolute atomic E-state index is 0.293. The lowest BCUT2D eigenvalue weighted by Gasteiger charge is -2.08. The molecular weight excluding hydrogens is 317 g/mol. The second-order valence-electron chi connectivity index (χ2n) is 3.64. The van der Waals surface area contributed by atoms with Gasteiger partial charge in [0.05, 0.1) is 10.4 Å². The van der Waals surface area contributed by atoms with Crippen molar-refractivity contribution in [2.24, 2.45) is 0 Å². The molecule has 5 heteroatoms. The number of halogens is 2. The number of benzene rings is 1. The van der Waals surface area contributed by atoms with Crippen LogP contribution in [0.1, 0.15) is 11.8 Å². The lowest BCUT2D eigenvalue weighted by atomic mass is 10.3. The van der Waals surface area contributed by atoms with Crippen molar-refractivity contribution >= 4 is 33.0 Å². The van der Waals surface area contributed by atoms with Crippen LogP contribution in [-0.2, 0) is 6.54 Å². The highest BCUT2D eigenvalue weighted by atomic mass is 79.9. The number of thiophene rings is 1. The van der Waals surface area contributed by atoms with Crippen LogP contribution in [0.15, 0.2) is 34.1 Å². The maximum Gasteiger partial charge on any atom is 0.167 e. The standard InChI is InChI=1S/C13H13BrFNOS/c1-2-17-12-5-3-9(7-11(12)15)16-8-10-4-6-13(14)18-10/h3-7,16H,2,8H2,1H3. The van der Waals surface area contributed by atoms with Crippen molar-refractivity contribution in [2.75, 3.05) is 11.9 Å². The predicted molar refractivity (Wildman–Crippen MR) is 76.9 cm³/mol. The summed E-state index contributed by atoms with van der Waals surface area (Å²) in [4.78, 5) is 1.19. The second kappa shape index (κ2) is 6.20. The smallest absolute Gasteiger partial charge is 0.167 e. The Morgan fingerprint density at radius 3 is 2.78 bits per heavy atom. The third-order valence-electron chi connectivity index (χ3n) is 2.33. The first-order chi connectivity index (χ1) is 8.69. The fourth-order valence-electron chi connectivity index (χ4n) is 1.52. The molecule has 18 heavy (non-hydrogen) atoms. The average Bonchev–Trinajstić information content (AvgIpc) is 2.76. The first kappa shape index (κ1) is 13.4. The largest absolute Gasteiger partial charge is 0.491 e. The van der Waals surface area contributed by atoms with Gasteiger partial charge in [0.15, 0.2) is 11.6 Å². The number of anilines is 1. The fourth-order valence-corrected chi connectivity index (χ4v) is 2.94. The quantitative estimate of drug-likeness (QED) is 0.861. The zero-order valence-electron chi connectivity index (χ0n) is 9.87. The Morgan fingerprint density at radius 2 is 2.17 bits per heavy atom. The van der Waals surface area contributed by atoms with Crippen molar-refractivity contribution in [1.82, 2.24) is 0 Å². The van der Waals surface area contributed by atoms with Gasteiger partial charge >= 0.3 is 0 Å². The molecule has 1 heterocycles. The van der Waals surface area contributed by atoms with Gasteiger partial charge in [-0.05, 0) is 47.1 Å². The monoisotopic (exact) mass is 329 g/mol. The van der Waals surface area contributed by atoms with Gasteiger partial charge in [0.1, 0.15) is 0 Å². The Labute approximate surface area is 118 Å². The molecule has 1 aromatic carbocycles. The minimum atomic E-state index is -0.339. The van der Waals surface area contributed by atoms with E-state index in [2.05, 4.69) is 21.2 Å². The summed E-state index contributed by atoms with van der Waals surface area (Å²) in [5, 5.41) is 3.18. The Kier molecular flexibility index (Phi) is 4.60. The van der Waals surface area contributed by atoms with E-state index in [0.717, 1.165) is 9.47 Å². The van der Waals surface area contributed by atoms with E-state index >= 15 is 0 Å². The highest BCUT2D eigenvalue weighted by molar-refractivity contribution is 9.11. The Bertz CT molecular complexity index is 529. The molecule has 0 amide bonds. The van der Waals surface area contributed by atoms with Crippen molar-refractivity contribution in [1.29, 1.82) is 0 Å². The van der Waals surface area contributed by atoms with Gasteiger partial charge in [-0.25, -0.2) is 4.39 Å². The molecule has 0 spiro atoms. The molecule has 0 fully saturated rings. The summed E-state index contributed by atoms with van der Waals surface area (Å²) in [6.45, 7) is 2.98. The molecule has 0 aliphatic rings. The van der Waals surface area contributed by atoms with E-state index < -0.39 is 0 Å². The van der Waals surface area contributed by atoms with E-state index in [4.69, 9.17) is 4.74 Å². The molecule has 1 N–H and O–H groups in total. The normalized spacial score (nSPS) is 10.4. The van der Waals surface area contributed by atoms with Gasteiger partial charge in [0.2, 0.25) is 0 Å². The number of hydrogen-bond donors (Lipinski definition) is 1. The molecular formula is C13H13BrFNOS. The maximum atomic E-state index is 13.6. The van der Waals surface area contributed by atoms with Gasteiger partial charge in [-0.3, -0.25) is 0 Å². The predicted octanol–water partition coefficient (Wildman–Crippen LogP) is 4.66. The van der Waals surface area contributed by atoms with Crippen LogP contribution in [0.25, 0.3) is 0 Å². The van der Waals surface area contributed by atoms with Crippen LogP contribution in [0.3, 0.4) is 0 Å². The minimum Gasteiger partial charge on any atom is -0.491 e. The lowest BCUT2D eigenvalue weighted by Crippen LogP contribution is -1.99. The Balaban J connectivity index is 1.99. The van der Waals surface area contributed by atoms with E-state index in [9.17, 15) is 4.39 Å². The summed E-state index contributed by atoms with van der Waals surface area (Å²) >= 11 is 5.07. The third kappa shape index (κ3) is 3.46. The molecule has 1 aromatic heterocycles. The number of hydrogen-bond acceptors (Lipinski definition) is 3. The number of nitrogens with one attached hydrogen (secondary N) is 1. The SMILES string of the molecule is CCOc1ccc(NCc2ccc(Br)s2)cc1F. The molecule has 2 rings (SSSR count). The summed E-state index contributed by atoms with van der Waals surface area (Å²) in [5.74, 6) is -0.0453. The van der Waals surface area contributed by atoms with Crippen molar-refractivity contribution in [3.05, 3.63) is 44.8 Å². The molecule has 96 valence electrons. The molecule has 0 radical (unpaired) electrons. The molecule has 0 aliphatic carbocycles. The van der Waals surface area contributed by atoms with Gasteiger partial charge in [0.25, 0.3) is 0 Å². The zero-order chi connectivity index (χ0) is 13.0. The van der Waals surface area contributed by atoms with Crippen LogP contribution in [0.4, 0.5) is 10.1 Å². The van der Waals surface area contributed by atoms with Gasteiger partial charge in [-0.15, -0.1) is 11.3 Å². The third-order valence-corrected chi connectivity index (χ3v) is 3.95. The van der Waals surface area contributed by atoms with E-state index in [-0.39, 0.29) is 5.82 Å². The second-order valence-corrected chi connectivity index (χ2v) is 6.19. The average molecular weight is 330 g/mol. The lowest BCUT2D eigenvalue weighted by molar-refractivity contribution is 0.321. The number of rotatable bonds is 5. The van der Waals surface area contributed by atoms with Crippen LogP contribution in [0.5, 0.6) is 5.75 Å². The fraction of sp³-hybridized carbons (Fsp3) is 0.231.